The number of carbonyl (C=O) groups excluding carboxylic acids is 1. The van der Waals surface area contributed by atoms with E-state index >= 15 is 0 Å². The van der Waals surface area contributed by atoms with E-state index in [1.165, 1.54) is 4.90 Å². The summed E-state index contributed by atoms with van der Waals surface area (Å²) in [5, 5.41) is 11.2. The molecule has 1 amide bonds. The SMILES string of the molecule is CN1C(=O)C(Cc2ccccc2)/C(=C2/CC(c3cccc(C#N)c3)=CS2)N=C1N. The Balaban J connectivity index is 1.68. The van der Waals surface area contributed by atoms with Gasteiger partial charge in [0.25, 0.3) is 0 Å². The maximum absolute atomic E-state index is 13.0. The number of nitrogens with zero attached hydrogens (tertiary/aromatic N) is 3. The third kappa shape index (κ3) is 3.82. The van der Waals surface area contributed by atoms with E-state index in [-0.39, 0.29) is 17.8 Å². The largest absolute Gasteiger partial charge is 0.369 e. The van der Waals surface area contributed by atoms with Gasteiger partial charge in [0.2, 0.25) is 11.9 Å². The van der Waals surface area contributed by atoms with Crippen molar-refractivity contribution >= 4 is 29.2 Å². The van der Waals surface area contributed by atoms with E-state index in [4.69, 9.17) is 11.0 Å². The Labute approximate surface area is 174 Å². The minimum absolute atomic E-state index is 0.0376. The fraction of sp³-hybridized carbons (Fsp3) is 0.174. The van der Waals surface area contributed by atoms with Crippen LogP contribution in [0.25, 0.3) is 5.57 Å². The molecule has 4 rings (SSSR count). The van der Waals surface area contributed by atoms with Crippen LogP contribution in [0.1, 0.15) is 23.1 Å². The van der Waals surface area contributed by atoms with Crippen LogP contribution in [-0.2, 0) is 11.2 Å². The van der Waals surface area contributed by atoms with Crippen molar-refractivity contribution in [1.82, 2.24) is 4.90 Å². The highest BCUT2D eigenvalue weighted by Gasteiger charge is 2.35. The van der Waals surface area contributed by atoms with E-state index in [0.29, 0.717) is 18.4 Å². The molecule has 0 aliphatic carbocycles. The van der Waals surface area contributed by atoms with Crippen molar-refractivity contribution in [2.45, 2.75) is 12.8 Å². The number of amides is 1. The van der Waals surface area contributed by atoms with E-state index in [9.17, 15) is 4.79 Å². The molecule has 0 saturated heterocycles. The summed E-state index contributed by atoms with van der Waals surface area (Å²) in [5.74, 6) is -0.179. The minimum atomic E-state index is -0.365. The number of aliphatic imine (C=N–C) groups is 1. The van der Waals surface area contributed by atoms with Crippen LogP contribution >= 0.6 is 11.8 Å². The van der Waals surface area contributed by atoms with E-state index in [1.807, 2.05) is 48.5 Å². The predicted octanol–water partition coefficient (Wildman–Crippen LogP) is 3.89. The van der Waals surface area contributed by atoms with E-state index in [2.05, 4.69) is 16.5 Å². The molecule has 2 aliphatic rings. The number of allylic oxidation sites excluding steroid dienone is 2. The molecular weight excluding hydrogens is 380 g/mol. The number of benzene rings is 2. The molecule has 2 aromatic rings. The first-order chi connectivity index (χ1) is 14.1. The van der Waals surface area contributed by atoms with Crippen molar-refractivity contribution in [3.8, 4) is 6.07 Å². The molecule has 1 unspecified atom stereocenters. The molecule has 2 heterocycles. The van der Waals surface area contributed by atoms with Gasteiger partial charge in [-0.25, -0.2) is 4.99 Å². The Bertz CT molecular complexity index is 1100. The quantitative estimate of drug-likeness (QED) is 0.847. The zero-order valence-electron chi connectivity index (χ0n) is 16.0. The predicted molar refractivity (Wildman–Crippen MR) is 116 cm³/mol. The lowest BCUT2D eigenvalue weighted by molar-refractivity contribution is -0.130. The van der Waals surface area contributed by atoms with Crippen LogP contribution in [0.2, 0.25) is 0 Å². The molecule has 144 valence electrons. The van der Waals surface area contributed by atoms with Crippen molar-refractivity contribution in [2.75, 3.05) is 7.05 Å². The highest BCUT2D eigenvalue weighted by atomic mass is 32.2. The van der Waals surface area contributed by atoms with Gasteiger partial charge in [-0.3, -0.25) is 9.69 Å². The highest BCUT2D eigenvalue weighted by Crippen LogP contribution is 2.44. The van der Waals surface area contributed by atoms with Crippen molar-refractivity contribution in [3.05, 3.63) is 87.3 Å². The van der Waals surface area contributed by atoms with Gasteiger partial charge in [-0.05, 0) is 40.7 Å². The molecule has 2 aliphatic heterocycles. The van der Waals surface area contributed by atoms with Crippen molar-refractivity contribution in [2.24, 2.45) is 16.6 Å². The van der Waals surface area contributed by atoms with E-state index in [1.54, 1.807) is 24.9 Å². The fourth-order valence-electron chi connectivity index (χ4n) is 3.54. The van der Waals surface area contributed by atoms with Crippen molar-refractivity contribution in [1.29, 1.82) is 5.26 Å². The van der Waals surface area contributed by atoms with E-state index < -0.39 is 0 Å². The smallest absolute Gasteiger partial charge is 0.238 e. The monoisotopic (exact) mass is 400 g/mol. The molecule has 29 heavy (non-hydrogen) atoms. The van der Waals surface area contributed by atoms with Gasteiger partial charge in [-0.1, -0.05) is 54.2 Å². The highest BCUT2D eigenvalue weighted by molar-refractivity contribution is 8.06. The van der Waals surface area contributed by atoms with Crippen LogP contribution in [0.5, 0.6) is 0 Å². The normalized spacial score (nSPS) is 21.6. The second-order valence-electron chi connectivity index (χ2n) is 7.05. The number of thioether (sulfide) groups is 1. The average Bonchev–Trinajstić information content (AvgIpc) is 3.25. The lowest BCUT2D eigenvalue weighted by atomic mass is 9.92. The van der Waals surface area contributed by atoms with Gasteiger partial charge in [0.05, 0.1) is 23.2 Å². The minimum Gasteiger partial charge on any atom is -0.369 e. The van der Waals surface area contributed by atoms with Crippen LogP contribution in [0.3, 0.4) is 0 Å². The summed E-state index contributed by atoms with van der Waals surface area (Å²) in [7, 11) is 1.67. The lowest BCUT2D eigenvalue weighted by Crippen LogP contribution is -2.46. The first kappa shape index (κ1) is 19.0. The van der Waals surface area contributed by atoms with Crippen molar-refractivity contribution in [3.63, 3.8) is 0 Å². The number of carbonyl (C=O) groups is 1. The Morgan fingerprint density at radius 2 is 2.03 bits per heavy atom. The number of hydrogen-bond donors (Lipinski definition) is 1. The molecule has 1 atom stereocenters. The molecule has 0 saturated carbocycles. The van der Waals surface area contributed by atoms with Crippen LogP contribution in [0.4, 0.5) is 0 Å². The second kappa shape index (κ2) is 7.98. The molecule has 6 heteroatoms. The number of rotatable bonds is 3. The van der Waals surface area contributed by atoms with Gasteiger partial charge in [-0.2, -0.15) is 5.26 Å². The molecule has 0 fully saturated rings. The Kier molecular flexibility index (Phi) is 5.24. The Morgan fingerprint density at radius 1 is 1.24 bits per heavy atom. The standard InChI is InChI=1S/C23H20N4OS/c1-27-22(28)19(11-15-6-3-2-4-7-15)21(26-23(27)25)20-12-18(14-29-20)17-9-5-8-16(10-17)13-24/h2-10,14,19H,11-12H2,1H3,(H2,25,26)/b21-20+. The summed E-state index contributed by atoms with van der Waals surface area (Å²) in [6.45, 7) is 0. The van der Waals surface area contributed by atoms with Crippen LogP contribution in [0, 0.1) is 17.2 Å². The fourth-order valence-corrected chi connectivity index (χ4v) is 4.59. The Hall–Kier alpha value is -3.30. The summed E-state index contributed by atoms with van der Waals surface area (Å²) in [4.78, 5) is 20.1. The zero-order valence-corrected chi connectivity index (χ0v) is 16.8. The average molecular weight is 401 g/mol. The molecule has 0 radical (unpaired) electrons. The molecule has 2 aromatic carbocycles. The Morgan fingerprint density at radius 3 is 2.79 bits per heavy atom. The summed E-state index contributed by atoms with van der Waals surface area (Å²) < 4.78 is 0. The maximum atomic E-state index is 13.0. The third-order valence-corrected chi connectivity index (χ3v) is 6.20. The summed E-state index contributed by atoms with van der Waals surface area (Å²) in [6.07, 6.45) is 1.26. The number of nitriles is 1. The van der Waals surface area contributed by atoms with Crippen LogP contribution in [-0.4, -0.2) is 23.8 Å². The molecule has 0 spiro atoms. The molecule has 2 N–H and O–H groups in total. The molecule has 0 aromatic heterocycles. The maximum Gasteiger partial charge on any atom is 0.238 e. The van der Waals surface area contributed by atoms with Crippen LogP contribution in [0.15, 0.2) is 75.6 Å². The van der Waals surface area contributed by atoms with Gasteiger partial charge < -0.3 is 5.73 Å². The summed E-state index contributed by atoms with van der Waals surface area (Å²) in [5.41, 5.74) is 10.6. The number of nitrogens with two attached hydrogens (primary N) is 1. The molecule has 0 bridgehead atoms. The topological polar surface area (TPSA) is 82.5 Å². The number of hydrogen-bond acceptors (Lipinski definition) is 5. The first-order valence-electron chi connectivity index (χ1n) is 9.31. The summed E-state index contributed by atoms with van der Waals surface area (Å²) >= 11 is 1.59. The van der Waals surface area contributed by atoms with Crippen molar-refractivity contribution < 1.29 is 4.79 Å². The van der Waals surface area contributed by atoms with Gasteiger partial charge in [0.1, 0.15) is 0 Å². The molecular formula is C23H20N4OS. The van der Waals surface area contributed by atoms with Gasteiger partial charge in [-0.15, -0.1) is 0 Å². The van der Waals surface area contributed by atoms with E-state index in [0.717, 1.165) is 27.3 Å². The zero-order chi connectivity index (χ0) is 20.4. The van der Waals surface area contributed by atoms with Gasteiger partial charge >= 0.3 is 0 Å². The lowest BCUT2D eigenvalue weighted by Gasteiger charge is -2.29. The van der Waals surface area contributed by atoms with Gasteiger partial charge in [0, 0.05) is 18.4 Å². The summed E-state index contributed by atoms with van der Waals surface area (Å²) in [6, 6.07) is 19.7. The van der Waals surface area contributed by atoms with Crippen LogP contribution < -0.4 is 5.73 Å². The number of guanidine groups is 1. The van der Waals surface area contributed by atoms with Gasteiger partial charge in [0.15, 0.2) is 0 Å². The second-order valence-corrected chi connectivity index (χ2v) is 8.01. The first-order valence-corrected chi connectivity index (χ1v) is 10.2. The third-order valence-electron chi connectivity index (χ3n) is 5.16. The molecule has 5 nitrogen and oxygen atoms in total.